The normalized spacial score (nSPS) is 13.4. The Hall–Kier alpha value is -2.21. The maximum Gasteiger partial charge on any atom is 0.358 e. The second-order valence-corrected chi connectivity index (χ2v) is 5.24. The van der Waals surface area contributed by atoms with Crippen molar-refractivity contribution in [2.45, 2.75) is 32.4 Å². The number of benzene rings is 1. The van der Waals surface area contributed by atoms with E-state index in [2.05, 4.69) is 28.5 Å². The molecule has 6 heteroatoms. The summed E-state index contributed by atoms with van der Waals surface area (Å²) in [5.74, 6) is -1.08. The number of ether oxygens (including phenoxy) is 1. The Bertz CT molecular complexity index is 679. The predicted molar refractivity (Wildman–Crippen MR) is 75.3 cm³/mol. The van der Waals surface area contributed by atoms with Gasteiger partial charge in [-0.2, -0.15) is 0 Å². The van der Waals surface area contributed by atoms with E-state index in [0.717, 1.165) is 18.4 Å². The molecule has 0 amide bonds. The largest absolute Gasteiger partial charge is 0.476 e. The Balaban J connectivity index is 1.89. The first-order valence-corrected chi connectivity index (χ1v) is 6.94. The molecule has 0 spiro atoms. The Morgan fingerprint density at radius 1 is 1.38 bits per heavy atom. The lowest BCUT2D eigenvalue weighted by molar-refractivity contribution is 0.0684. The highest BCUT2D eigenvalue weighted by Gasteiger charge is 2.19. The zero-order valence-corrected chi connectivity index (χ0v) is 11.9. The first kappa shape index (κ1) is 13.8. The fourth-order valence-corrected chi connectivity index (χ4v) is 2.80. The molecular formula is C15H17N3O3. The van der Waals surface area contributed by atoms with Gasteiger partial charge in [-0.25, -0.2) is 9.48 Å². The summed E-state index contributed by atoms with van der Waals surface area (Å²) in [6.45, 7) is 0.686. The number of carboxylic acids is 1. The molecule has 1 N–H and O–H groups in total. The number of methoxy groups -OCH3 is 1. The lowest BCUT2D eigenvalue weighted by Crippen LogP contribution is -2.10. The number of aromatic carboxylic acids is 1. The van der Waals surface area contributed by atoms with Crippen molar-refractivity contribution in [3.63, 3.8) is 0 Å². The van der Waals surface area contributed by atoms with E-state index in [1.165, 1.54) is 24.7 Å². The topological polar surface area (TPSA) is 77.2 Å². The Morgan fingerprint density at radius 3 is 2.95 bits per heavy atom. The summed E-state index contributed by atoms with van der Waals surface area (Å²) in [6, 6.07) is 6.41. The van der Waals surface area contributed by atoms with Gasteiger partial charge in [0.2, 0.25) is 0 Å². The van der Waals surface area contributed by atoms with Crippen LogP contribution in [0.1, 0.15) is 39.3 Å². The molecule has 3 rings (SSSR count). The molecule has 0 atom stereocenters. The molecule has 6 nitrogen and oxygen atoms in total. The van der Waals surface area contributed by atoms with Gasteiger partial charge in [0, 0.05) is 7.11 Å². The molecule has 110 valence electrons. The van der Waals surface area contributed by atoms with E-state index in [4.69, 9.17) is 9.84 Å². The van der Waals surface area contributed by atoms with E-state index in [9.17, 15) is 4.79 Å². The molecule has 0 aliphatic heterocycles. The fourth-order valence-electron chi connectivity index (χ4n) is 2.80. The van der Waals surface area contributed by atoms with Crippen LogP contribution in [0.15, 0.2) is 18.2 Å². The minimum atomic E-state index is -1.08. The standard InChI is InChI=1S/C15H17N3O3/c1-21-9-13-14(15(19)20)16-17-18(13)8-10-5-6-11-3-2-4-12(11)7-10/h5-7H,2-4,8-9H2,1H3,(H,19,20). The van der Waals surface area contributed by atoms with Gasteiger partial charge in [0.05, 0.1) is 18.8 Å². The first-order chi connectivity index (χ1) is 10.2. The van der Waals surface area contributed by atoms with E-state index in [1.807, 2.05) is 0 Å². The molecule has 1 aromatic carbocycles. The smallest absolute Gasteiger partial charge is 0.358 e. The molecule has 0 unspecified atom stereocenters. The van der Waals surface area contributed by atoms with E-state index >= 15 is 0 Å². The maximum absolute atomic E-state index is 11.1. The van der Waals surface area contributed by atoms with Crippen LogP contribution in [0.25, 0.3) is 0 Å². The lowest BCUT2D eigenvalue weighted by Gasteiger charge is -2.08. The van der Waals surface area contributed by atoms with Crippen molar-refractivity contribution in [3.8, 4) is 0 Å². The molecule has 1 heterocycles. The molecule has 21 heavy (non-hydrogen) atoms. The number of fused-ring (bicyclic) bond motifs is 1. The molecule has 0 radical (unpaired) electrons. The van der Waals surface area contributed by atoms with Gasteiger partial charge in [-0.1, -0.05) is 23.4 Å². The molecule has 0 saturated heterocycles. The van der Waals surface area contributed by atoms with Gasteiger partial charge in [-0.3, -0.25) is 0 Å². The Labute approximate surface area is 122 Å². The van der Waals surface area contributed by atoms with Gasteiger partial charge < -0.3 is 9.84 Å². The number of hydrogen-bond acceptors (Lipinski definition) is 4. The second kappa shape index (κ2) is 5.65. The summed E-state index contributed by atoms with van der Waals surface area (Å²) < 4.78 is 6.67. The molecule has 1 aromatic heterocycles. The van der Waals surface area contributed by atoms with Crippen LogP contribution in [0.4, 0.5) is 0 Å². The quantitative estimate of drug-likeness (QED) is 0.905. The third-order valence-electron chi connectivity index (χ3n) is 3.82. The molecule has 0 fully saturated rings. The van der Waals surface area contributed by atoms with Gasteiger partial charge in [0.15, 0.2) is 5.69 Å². The third-order valence-corrected chi connectivity index (χ3v) is 3.82. The number of rotatable bonds is 5. The van der Waals surface area contributed by atoms with Crippen LogP contribution in [0.2, 0.25) is 0 Å². The monoisotopic (exact) mass is 287 g/mol. The van der Waals surface area contributed by atoms with Crippen LogP contribution in [-0.4, -0.2) is 33.2 Å². The molecule has 2 aromatic rings. The van der Waals surface area contributed by atoms with Crippen molar-refractivity contribution in [3.05, 3.63) is 46.3 Å². The second-order valence-electron chi connectivity index (χ2n) is 5.24. The van der Waals surface area contributed by atoms with Crippen LogP contribution in [0.5, 0.6) is 0 Å². The lowest BCUT2D eigenvalue weighted by atomic mass is 10.1. The highest BCUT2D eigenvalue weighted by Crippen LogP contribution is 2.23. The zero-order chi connectivity index (χ0) is 14.8. The van der Waals surface area contributed by atoms with Crippen molar-refractivity contribution in [2.75, 3.05) is 7.11 Å². The van der Waals surface area contributed by atoms with Crippen molar-refractivity contribution in [2.24, 2.45) is 0 Å². The SMILES string of the molecule is COCc1c(C(=O)O)nnn1Cc1ccc2c(c1)CCC2. The molecular weight excluding hydrogens is 270 g/mol. The average Bonchev–Trinajstić information content (AvgIpc) is 3.06. The van der Waals surface area contributed by atoms with E-state index in [1.54, 1.807) is 4.68 Å². The van der Waals surface area contributed by atoms with Crippen molar-refractivity contribution >= 4 is 5.97 Å². The predicted octanol–water partition coefficient (Wildman–Crippen LogP) is 1.66. The van der Waals surface area contributed by atoms with Crippen molar-refractivity contribution < 1.29 is 14.6 Å². The summed E-state index contributed by atoms with van der Waals surface area (Å²) in [5.41, 5.74) is 4.36. The van der Waals surface area contributed by atoms with Gasteiger partial charge in [-0.15, -0.1) is 5.10 Å². The summed E-state index contributed by atoms with van der Waals surface area (Å²) in [4.78, 5) is 11.1. The van der Waals surface area contributed by atoms with E-state index < -0.39 is 5.97 Å². The minimum absolute atomic E-state index is 0.0435. The van der Waals surface area contributed by atoms with Crippen LogP contribution in [0, 0.1) is 0 Å². The molecule has 0 bridgehead atoms. The summed E-state index contributed by atoms with van der Waals surface area (Å²) in [5, 5.41) is 16.8. The Morgan fingerprint density at radius 2 is 2.19 bits per heavy atom. The average molecular weight is 287 g/mol. The van der Waals surface area contributed by atoms with Crippen molar-refractivity contribution in [1.82, 2.24) is 15.0 Å². The minimum Gasteiger partial charge on any atom is -0.476 e. The van der Waals surface area contributed by atoms with E-state index in [0.29, 0.717) is 12.2 Å². The van der Waals surface area contributed by atoms with Gasteiger partial charge >= 0.3 is 5.97 Å². The highest BCUT2D eigenvalue weighted by molar-refractivity contribution is 5.86. The highest BCUT2D eigenvalue weighted by atomic mass is 16.5. The summed E-state index contributed by atoms with van der Waals surface area (Å²) >= 11 is 0. The zero-order valence-electron chi connectivity index (χ0n) is 11.9. The maximum atomic E-state index is 11.1. The number of aryl methyl sites for hydroxylation is 2. The van der Waals surface area contributed by atoms with Crippen LogP contribution < -0.4 is 0 Å². The van der Waals surface area contributed by atoms with Crippen LogP contribution in [0.3, 0.4) is 0 Å². The van der Waals surface area contributed by atoms with Crippen molar-refractivity contribution in [1.29, 1.82) is 0 Å². The van der Waals surface area contributed by atoms with Gasteiger partial charge in [0.25, 0.3) is 0 Å². The van der Waals surface area contributed by atoms with Gasteiger partial charge in [-0.05, 0) is 36.0 Å². The number of aromatic nitrogens is 3. The number of carboxylic acid groups (broad SMARTS) is 1. The van der Waals surface area contributed by atoms with Gasteiger partial charge in [0.1, 0.15) is 0 Å². The molecule has 0 saturated carbocycles. The fraction of sp³-hybridized carbons (Fsp3) is 0.400. The van der Waals surface area contributed by atoms with Crippen LogP contribution >= 0.6 is 0 Å². The summed E-state index contributed by atoms with van der Waals surface area (Å²) in [6.07, 6.45) is 3.48. The van der Waals surface area contributed by atoms with E-state index in [-0.39, 0.29) is 12.3 Å². The molecule has 1 aliphatic rings. The Kier molecular flexibility index (Phi) is 3.70. The summed E-state index contributed by atoms with van der Waals surface area (Å²) in [7, 11) is 1.53. The number of hydrogen-bond donors (Lipinski definition) is 1. The number of nitrogens with zero attached hydrogens (tertiary/aromatic N) is 3. The number of carbonyl (C=O) groups is 1. The van der Waals surface area contributed by atoms with Crippen LogP contribution in [-0.2, 0) is 30.7 Å². The third kappa shape index (κ3) is 2.67. The molecule has 1 aliphatic carbocycles. The first-order valence-electron chi connectivity index (χ1n) is 6.94.